The van der Waals surface area contributed by atoms with Gasteiger partial charge in [-0.2, -0.15) is 0 Å². The monoisotopic (exact) mass is 538 g/mol. The van der Waals surface area contributed by atoms with Gasteiger partial charge in [0.15, 0.2) is 5.82 Å². The fourth-order valence-corrected chi connectivity index (χ4v) is 5.04. The third kappa shape index (κ3) is 4.79. The second-order valence-corrected chi connectivity index (χ2v) is 10.8. The van der Waals surface area contributed by atoms with Crippen LogP contribution in [0.5, 0.6) is 0 Å². The van der Waals surface area contributed by atoms with Crippen LogP contribution >= 0.6 is 23.2 Å². The first kappa shape index (κ1) is 25.5. The van der Waals surface area contributed by atoms with Gasteiger partial charge in [0.25, 0.3) is 5.56 Å². The van der Waals surface area contributed by atoms with E-state index in [0.717, 1.165) is 28.8 Å². The maximum atomic E-state index is 14.0. The Bertz CT molecular complexity index is 1600. The first-order valence-corrected chi connectivity index (χ1v) is 12.6. The highest BCUT2D eigenvalue weighted by atomic mass is 35.5. The van der Waals surface area contributed by atoms with Crippen LogP contribution in [0, 0.1) is 19.7 Å². The van der Waals surface area contributed by atoms with E-state index in [9.17, 15) is 14.3 Å². The van der Waals surface area contributed by atoms with Gasteiger partial charge in [0.2, 0.25) is 0 Å². The number of benzene rings is 1. The predicted octanol–water partition coefficient (Wildman–Crippen LogP) is 6.25. The summed E-state index contributed by atoms with van der Waals surface area (Å²) in [6.45, 7) is 6.95. The number of rotatable bonds is 5. The average Bonchev–Trinajstić information content (AvgIpc) is 3.64. The highest BCUT2D eigenvalue weighted by Crippen LogP contribution is 2.56. The van der Waals surface area contributed by atoms with Gasteiger partial charge in [-0.1, -0.05) is 29.3 Å². The summed E-state index contributed by atoms with van der Waals surface area (Å²) in [5.74, 6) is -0.0699. The molecule has 1 fully saturated rings. The van der Waals surface area contributed by atoms with Crippen LogP contribution in [0.3, 0.4) is 0 Å². The van der Waals surface area contributed by atoms with Crippen LogP contribution in [0.1, 0.15) is 60.3 Å². The third-order valence-corrected chi connectivity index (χ3v) is 7.39. The van der Waals surface area contributed by atoms with Crippen molar-refractivity contribution in [2.75, 3.05) is 0 Å². The highest BCUT2D eigenvalue weighted by molar-refractivity contribution is 6.31. The zero-order chi connectivity index (χ0) is 26.6. The molecule has 1 aromatic carbocycles. The molecule has 3 heterocycles. The molecule has 0 spiro atoms. The minimum Gasteiger partial charge on any atom is -0.382 e. The number of aryl methyl sites for hydroxylation is 2. The Kier molecular flexibility index (Phi) is 6.42. The first-order valence-electron chi connectivity index (χ1n) is 11.9. The number of aliphatic hydroxyl groups is 1. The molecule has 0 aliphatic heterocycles. The van der Waals surface area contributed by atoms with E-state index in [4.69, 9.17) is 23.2 Å². The average molecular weight is 539 g/mol. The smallest absolute Gasteiger partial charge is 0.274 e. The molecule has 0 unspecified atom stereocenters. The van der Waals surface area contributed by atoms with Crippen molar-refractivity contribution in [1.29, 1.82) is 0 Å². The van der Waals surface area contributed by atoms with Gasteiger partial charge in [0.1, 0.15) is 16.4 Å². The van der Waals surface area contributed by atoms with Crippen molar-refractivity contribution in [2.24, 2.45) is 0 Å². The fourth-order valence-electron chi connectivity index (χ4n) is 4.64. The van der Waals surface area contributed by atoms with E-state index in [0.29, 0.717) is 17.1 Å². The van der Waals surface area contributed by atoms with Crippen LogP contribution < -0.4 is 5.56 Å². The van der Waals surface area contributed by atoms with E-state index >= 15 is 0 Å². The van der Waals surface area contributed by atoms with Gasteiger partial charge in [-0.05, 0) is 93.0 Å². The minimum atomic E-state index is -1.21. The summed E-state index contributed by atoms with van der Waals surface area (Å²) in [6.07, 6.45) is 4.02. The summed E-state index contributed by atoms with van der Waals surface area (Å²) >= 11 is 12.5. The Morgan fingerprint density at radius 3 is 2.51 bits per heavy atom. The van der Waals surface area contributed by atoms with Crippen molar-refractivity contribution in [3.05, 3.63) is 103 Å². The molecule has 1 saturated carbocycles. The molecule has 2 atom stereocenters. The van der Waals surface area contributed by atoms with Crippen LogP contribution in [-0.4, -0.2) is 24.6 Å². The number of aromatic nitrogens is 4. The van der Waals surface area contributed by atoms with Gasteiger partial charge >= 0.3 is 0 Å². The van der Waals surface area contributed by atoms with Gasteiger partial charge in [-0.25, -0.2) is 14.4 Å². The molecule has 1 aliphatic rings. The van der Waals surface area contributed by atoms with Crippen molar-refractivity contribution in [3.8, 4) is 17.1 Å². The number of nitrogens with zero attached hydrogens (tertiary/aromatic N) is 4. The Morgan fingerprint density at radius 1 is 1.05 bits per heavy atom. The molecule has 9 heteroatoms. The Hall–Kier alpha value is -3.13. The van der Waals surface area contributed by atoms with Crippen LogP contribution in [-0.2, 0) is 5.60 Å². The van der Waals surface area contributed by atoms with Gasteiger partial charge in [-0.3, -0.25) is 14.3 Å². The summed E-state index contributed by atoms with van der Waals surface area (Å²) in [5, 5.41) is 10.5. The molecule has 190 valence electrons. The van der Waals surface area contributed by atoms with E-state index in [-0.39, 0.29) is 33.3 Å². The molecule has 4 aromatic rings. The lowest BCUT2D eigenvalue weighted by Crippen LogP contribution is -2.23. The minimum absolute atomic E-state index is 0.0319. The zero-order valence-electron chi connectivity index (χ0n) is 20.8. The lowest BCUT2D eigenvalue weighted by Gasteiger charge is -2.17. The number of halogens is 3. The topological polar surface area (TPSA) is 80.9 Å². The van der Waals surface area contributed by atoms with Crippen molar-refractivity contribution < 1.29 is 9.50 Å². The Labute approximate surface area is 223 Å². The summed E-state index contributed by atoms with van der Waals surface area (Å²) in [4.78, 5) is 26.7. The predicted molar refractivity (Wildman–Crippen MR) is 142 cm³/mol. The van der Waals surface area contributed by atoms with Gasteiger partial charge in [-0.15, -0.1) is 0 Å². The molecular weight excluding hydrogens is 514 g/mol. The Balaban J connectivity index is 1.53. The standard InChI is InChI=1S/C28H25Cl2FN4O2/c1-14-13-33-23(22-7-8-32-27(34-22)28(3,4)37)12-24(14)35-15(2)9-19(25(30)26(35)36)18-11-17(18)16-5-6-20(29)21(31)10-16/h5-10,12-13,17-18,37H,11H2,1-4H3/t17-,18+/m1/s1. The van der Waals surface area contributed by atoms with Crippen molar-refractivity contribution in [1.82, 2.24) is 19.5 Å². The molecule has 5 rings (SSSR count). The Morgan fingerprint density at radius 2 is 1.81 bits per heavy atom. The number of pyridine rings is 2. The van der Waals surface area contributed by atoms with Crippen LogP contribution in [0.2, 0.25) is 10.0 Å². The van der Waals surface area contributed by atoms with Crippen molar-refractivity contribution >= 4 is 23.2 Å². The lowest BCUT2D eigenvalue weighted by molar-refractivity contribution is 0.0688. The summed E-state index contributed by atoms with van der Waals surface area (Å²) in [5.41, 5.74) is 3.27. The summed E-state index contributed by atoms with van der Waals surface area (Å²) < 4.78 is 15.6. The summed E-state index contributed by atoms with van der Waals surface area (Å²) in [7, 11) is 0. The summed E-state index contributed by atoms with van der Waals surface area (Å²) in [6, 6.07) is 10.2. The van der Waals surface area contributed by atoms with Crippen molar-refractivity contribution in [2.45, 2.75) is 51.6 Å². The maximum absolute atomic E-state index is 14.0. The lowest BCUT2D eigenvalue weighted by atomic mass is 10.0. The largest absolute Gasteiger partial charge is 0.382 e. The molecule has 6 nitrogen and oxygen atoms in total. The van der Waals surface area contributed by atoms with E-state index in [1.807, 2.05) is 26.0 Å². The molecule has 0 saturated heterocycles. The first-order chi connectivity index (χ1) is 17.5. The zero-order valence-corrected chi connectivity index (χ0v) is 22.3. The van der Waals surface area contributed by atoms with Crippen LogP contribution in [0.15, 0.2) is 53.6 Å². The van der Waals surface area contributed by atoms with E-state index in [1.54, 1.807) is 49.0 Å². The second-order valence-electron chi connectivity index (χ2n) is 10.00. The molecule has 37 heavy (non-hydrogen) atoms. The molecule has 0 amide bonds. The third-order valence-electron chi connectivity index (χ3n) is 6.70. The van der Waals surface area contributed by atoms with Gasteiger partial charge < -0.3 is 5.11 Å². The van der Waals surface area contributed by atoms with Crippen molar-refractivity contribution in [3.63, 3.8) is 0 Å². The van der Waals surface area contributed by atoms with E-state index in [2.05, 4.69) is 15.0 Å². The molecule has 1 aliphatic carbocycles. The number of hydrogen-bond donors (Lipinski definition) is 1. The molecular formula is C28H25Cl2FN4O2. The van der Waals surface area contributed by atoms with Gasteiger partial charge in [0.05, 0.1) is 22.1 Å². The molecule has 0 radical (unpaired) electrons. The number of hydrogen-bond acceptors (Lipinski definition) is 5. The quantitative estimate of drug-likeness (QED) is 0.324. The van der Waals surface area contributed by atoms with Gasteiger partial charge in [0, 0.05) is 18.1 Å². The second kappa shape index (κ2) is 9.31. The fraction of sp³-hybridized carbons (Fsp3) is 0.286. The highest BCUT2D eigenvalue weighted by Gasteiger charge is 2.41. The van der Waals surface area contributed by atoms with Crippen LogP contribution in [0.4, 0.5) is 4.39 Å². The molecule has 1 N–H and O–H groups in total. The van der Waals surface area contributed by atoms with Crippen LogP contribution in [0.25, 0.3) is 17.1 Å². The van der Waals surface area contributed by atoms with E-state index < -0.39 is 11.4 Å². The normalized spacial score (nSPS) is 17.2. The maximum Gasteiger partial charge on any atom is 0.274 e. The molecule has 3 aromatic heterocycles. The SMILES string of the molecule is Cc1cnc(-c2ccnc(C(C)(C)O)n2)cc1-n1c(C)cc([C@H]2C[C@@H]2c2ccc(Cl)c(F)c2)c(Cl)c1=O. The molecule has 0 bridgehead atoms. The van der Waals surface area contributed by atoms with E-state index in [1.165, 1.54) is 6.07 Å².